The van der Waals surface area contributed by atoms with Gasteiger partial charge in [-0.1, -0.05) is 18.2 Å². The summed E-state index contributed by atoms with van der Waals surface area (Å²) in [5.41, 5.74) is -0.217. The molecular formula is C22H20F6N6O3S. The first-order chi connectivity index (χ1) is 18.0. The number of piperazine rings is 1. The molecule has 9 nitrogen and oxygen atoms in total. The number of aromatic nitrogens is 3. The van der Waals surface area contributed by atoms with Gasteiger partial charge in [0.2, 0.25) is 5.13 Å². The van der Waals surface area contributed by atoms with Crippen molar-refractivity contribution < 1.29 is 41.0 Å². The fraction of sp³-hybridized carbons (Fsp3) is 0.318. The van der Waals surface area contributed by atoms with Gasteiger partial charge in [-0.05, 0) is 18.2 Å². The highest BCUT2D eigenvalue weighted by Crippen LogP contribution is 2.25. The number of alkyl halides is 5. The van der Waals surface area contributed by atoms with E-state index in [1.54, 1.807) is 0 Å². The fourth-order valence-electron chi connectivity index (χ4n) is 3.37. The first kappa shape index (κ1) is 28.8. The van der Waals surface area contributed by atoms with E-state index in [0.29, 0.717) is 43.7 Å². The Morgan fingerprint density at radius 3 is 2.32 bits per heavy atom. The van der Waals surface area contributed by atoms with E-state index in [0.717, 1.165) is 11.8 Å². The van der Waals surface area contributed by atoms with E-state index in [9.17, 15) is 31.1 Å². The minimum atomic E-state index is -5.08. The van der Waals surface area contributed by atoms with Crippen molar-refractivity contribution in [1.82, 2.24) is 24.1 Å². The zero-order valence-electron chi connectivity index (χ0n) is 19.3. The van der Waals surface area contributed by atoms with Crippen LogP contribution in [0.4, 0.5) is 37.3 Å². The smallest absolute Gasteiger partial charge is 0.475 e. The van der Waals surface area contributed by atoms with Crippen molar-refractivity contribution in [3.63, 3.8) is 0 Å². The summed E-state index contributed by atoms with van der Waals surface area (Å²) in [5, 5.41) is 10.9. The molecule has 0 saturated carbocycles. The Morgan fingerprint density at radius 1 is 1.08 bits per heavy atom. The van der Waals surface area contributed by atoms with E-state index in [1.807, 2.05) is 18.2 Å². The number of pyridine rings is 1. The molecule has 2 N–H and O–H groups in total. The average molecular weight is 562 g/mol. The van der Waals surface area contributed by atoms with Gasteiger partial charge in [0.05, 0.1) is 16.8 Å². The molecule has 0 unspecified atom stereocenters. The van der Waals surface area contributed by atoms with Gasteiger partial charge in [-0.25, -0.2) is 27.9 Å². The molecule has 1 fully saturated rings. The minimum Gasteiger partial charge on any atom is -0.475 e. The lowest BCUT2D eigenvalue weighted by molar-refractivity contribution is -0.192. The Hall–Kier alpha value is -3.79. The van der Waals surface area contributed by atoms with E-state index in [1.165, 1.54) is 34.9 Å². The van der Waals surface area contributed by atoms with Crippen molar-refractivity contribution in [2.45, 2.75) is 19.1 Å². The quantitative estimate of drug-likeness (QED) is 0.427. The molecule has 3 heterocycles. The van der Waals surface area contributed by atoms with Gasteiger partial charge in [-0.3, -0.25) is 9.69 Å². The SMILES string of the molecule is O=C(O)C(F)(F)F.O=C(c1cccc(C(F)F)c1F)N1CCN(Cc2cccc(Nc3ncns3)n2)CC1. The number of aliphatic carboxylic acids is 1. The number of nitrogens with one attached hydrogen (secondary N) is 1. The lowest BCUT2D eigenvalue weighted by atomic mass is 10.1. The summed E-state index contributed by atoms with van der Waals surface area (Å²) in [6.45, 7) is 2.47. The van der Waals surface area contributed by atoms with E-state index in [2.05, 4.69) is 24.6 Å². The number of nitrogens with zero attached hydrogens (tertiary/aromatic N) is 5. The van der Waals surface area contributed by atoms with E-state index >= 15 is 0 Å². The summed E-state index contributed by atoms with van der Waals surface area (Å²) in [7, 11) is 0. The lowest BCUT2D eigenvalue weighted by Gasteiger charge is -2.34. The van der Waals surface area contributed by atoms with Crippen LogP contribution in [0.15, 0.2) is 42.7 Å². The molecule has 2 aromatic heterocycles. The van der Waals surface area contributed by atoms with Crippen molar-refractivity contribution in [3.05, 3.63) is 65.4 Å². The maximum Gasteiger partial charge on any atom is 0.490 e. The summed E-state index contributed by atoms with van der Waals surface area (Å²) in [6.07, 6.45) is -6.58. The zero-order chi connectivity index (χ0) is 27.9. The molecule has 38 heavy (non-hydrogen) atoms. The van der Waals surface area contributed by atoms with E-state index in [4.69, 9.17) is 9.90 Å². The maximum absolute atomic E-state index is 14.3. The summed E-state index contributed by atoms with van der Waals surface area (Å²) >= 11 is 1.24. The molecule has 16 heteroatoms. The van der Waals surface area contributed by atoms with Crippen LogP contribution >= 0.6 is 11.5 Å². The van der Waals surface area contributed by atoms with E-state index in [-0.39, 0.29) is 5.56 Å². The van der Waals surface area contributed by atoms with Crippen LogP contribution in [0.25, 0.3) is 0 Å². The molecule has 0 atom stereocenters. The number of hydrogen-bond donors (Lipinski definition) is 2. The van der Waals surface area contributed by atoms with Crippen LogP contribution in [0.2, 0.25) is 0 Å². The van der Waals surface area contributed by atoms with Crippen LogP contribution in [0.5, 0.6) is 0 Å². The average Bonchev–Trinajstić information content (AvgIpc) is 3.37. The molecule has 1 amide bonds. The fourth-order valence-corrected chi connectivity index (χ4v) is 3.81. The number of benzene rings is 1. The van der Waals surface area contributed by atoms with Gasteiger partial charge in [0.25, 0.3) is 12.3 Å². The molecule has 0 aliphatic carbocycles. The molecule has 3 aromatic rings. The van der Waals surface area contributed by atoms with Crippen molar-refractivity contribution in [3.8, 4) is 0 Å². The molecule has 4 rings (SSSR count). The van der Waals surface area contributed by atoms with Crippen LogP contribution in [0, 0.1) is 5.82 Å². The minimum absolute atomic E-state index is 0.316. The first-order valence-electron chi connectivity index (χ1n) is 10.8. The van der Waals surface area contributed by atoms with Gasteiger partial charge in [0.15, 0.2) is 0 Å². The lowest BCUT2D eigenvalue weighted by Crippen LogP contribution is -2.48. The Bertz CT molecular complexity index is 1240. The molecule has 0 radical (unpaired) electrons. The number of rotatable bonds is 6. The third-order valence-corrected chi connectivity index (χ3v) is 5.76. The van der Waals surface area contributed by atoms with Crippen LogP contribution in [0.1, 0.15) is 28.0 Å². The summed E-state index contributed by atoms with van der Waals surface area (Å²) in [5.74, 6) is -3.81. The van der Waals surface area contributed by atoms with Crippen molar-refractivity contribution in [2.24, 2.45) is 0 Å². The number of anilines is 2. The molecule has 1 aliphatic rings. The number of halogens is 6. The Kier molecular flexibility index (Phi) is 9.57. The monoisotopic (exact) mass is 562 g/mol. The Morgan fingerprint density at radius 2 is 1.74 bits per heavy atom. The molecule has 0 bridgehead atoms. The van der Waals surface area contributed by atoms with Crippen molar-refractivity contribution in [1.29, 1.82) is 0 Å². The van der Waals surface area contributed by atoms with Crippen LogP contribution in [0.3, 0.4) is 0 Å². The summed E-state index contributed by atoms with van der Waals surface area (Å²) < 4.78 is 75.8. The summed E-state index contributed by atoms with van der Waals surface area (Å²) in [4.78, 5) is 33.8. The standard InChI is InChI=1S/C20H19F3N6OS.C2HF3O2/c21-17-14(18(22)23)4-2-5-15(17)19(30)29-9-7-28(8-10-29)11-13-3-1-6-16(26-13)27-20-24-12-25-31-20;3-2(4,5)1(6)7/h1-6,12,18H,7-11H2,(H,24,25,26,27);(H,6,7). The normalized spacial score (nSPS) is 14.1. The summed E-state index contributed by atoms with van der Waals surface area (Å²) in [6, 6.07) is 9.16. The van der Waals surface area contributed by atoms with Crippen molar-refractivity contribution >= 4 is 34.4 Å². The number of carboxylic acids is 1. The number of amides is 1. The number of hydrogen-bond acceptors (Lipinski definition) is 8. The molecule has 204 valence electrons. The Labute approximate surface area is 215 Å². The van der Waals surface area contributed by atoms with Crippen LogP contribution in [-0.4, -0.2) is 73.5 Å². The molecule has 1 aromatic carbocycles. The maximum atomic E-state index is 14.3. The van der Waals surface area contributed by atoms with Gasteiger partial charge in [-0.15, -0.1) is 0 Å². The predicted molar refractivity (Wildman–Crippen MR) is 124 cm³/mol. The largest absolute Gasteiger partial charge is 0.490 e. The second-order valence-electron chi connectivity index (χ2n) is 7.77. The van der Waals surface area contributed by atoms with Crippen LogP contribution < -0.4 is 5.32 Å². The third-order valence-electron chi connectivity index (χ3n) is 5.18. The third kappa shape index (κ3) is 7.85. The number of carbonyl (C=O) groups is 2. The predicted octanol–water partition coefficient (Wildman–Crippen LogP) is 4.34. The van der Waals surface area contributed by atoms with Gasteiger partial charge in [0.1, 0.15) is 18.0 Å². The number of carbonyl (C=O) groups excluding carboxylic acids is 1. The molecule has 1 aliphatic heterocycles. The first-order valence-corrected chi connectivity index (χ1v) is 11.6. The van der Waals surface area contributed by atoms with E-state index < -0.39 is 35.9 Å². The van der Waals surface area contributed by atoms with Gasteiger partial charge >= 0.3 is 12.1 Å². The topological polar surface area (TPSA) is 112 Å². The second-order valence-corrected chi connectivity index (χ2v) is 8.55. The molecule has 1 saturated heterocycles. The van der Waals surface area contributed by atoms with Gasteiger partial charge in [-0.2, -0.15) is 17.5 Å². The molecular weight excluding hydrogens is 542 g/mol. The number of carboxylic acid groups (broad SMARTS) is 1. The highest BCUT2D eigenvalue weighted by atomic mass is 32.1. The van der Waals surface area contributed by atoms with Gasteiger partial charge in [0, 0.05) is 44.3 Å². The van der Waals surface area contributed by atoms with Crippen molar-refractivity contribution in [2.75, 3.05) is 31.5 Å². The highest BCUT2D eigenvalue weighted by Gasteiger charge is 2.38. The van der Waals surface area contributed by atoms with Gasteiger partial charge < -0.3 is 15.3 Å². The zero-order valence-corrected chi connectivity index (χ0v) is 20.1. The second kappa shape index (κ2) is 12.6. The van der Waals surface area contributed by atoms with Crippen LogP contribution in [-0.2, 0) is 11.3 Å². The Balaban J connectivity index is 0.000000505. The highest BCUT2D eigenvalue weighted by molar-refractivity contribution is 7.09. The molecule has 0 spiro atoms.